The van der Waals surface area contributed by atoms with E-state index in [1.165, 1.54) is 0 Å². The summed E-state index contributed by atoms with van der Waals surface area (Å²) in [4.78, 5) is 12.2. The van der Waals surface area contributed by atoms with Crippen LogP contribution in [0.3, 0.4) is 0 Å². The van der Waals surface area contributed by atoms with Gasteiger partial charge in [0.1, 0.15) is 5.88 Å². The molecular weight excluding hydrogens is 438 g/mol. The molecule has 12 heteroatoms. The summed E-state index contributed by atoms with van der Waals surface area (Å²) < 4.78 is 76.4. The Morgan fingerprint density at radius 3 is 1.73 bits per heavy atom. The van der Waals surface area contributed by atoms with Crippen LogP contribution in [0.15, 0.2) is 58.7 Å². The number of amides is 1. The summed E-state index contributed by atoms with van der Waals surface area (Å²) in [6, 6.07) is 7.79. The summed E-state index contributed by atoms with van der Waals surface area (Å²) in [6.07, 6.45) is -9.06. The predicted octanol–water partition coefficient (Wildman–Crippen LogP) is 4.42. The van der Waals surface area contributed by atoms with Gasteiger partial charge in [-0.2, -0.15) is 31.4 Å². The topological polar surface area (TPSA) is 57.1 Å². The van der Waals surface area contributed by atoms with Crippen LogP contribution in [-0.2, 0) is 17.1 Å². The lowest BCUT2D eigenvalue weighted by Crippen LogP contribution is -2.52. The molecule has 0 fully saturated rings. The molecule has 0 unspecified atom stereocenters. The Bertz CT molecular complexity index is 997. The molecule has 0 aliphatic carbocycles. The lowest BCUT2D eigenvalue weighted by atomic mass is 10.1. The number of halogens is 7. The van der Waals surface area contributed by atoms with Gasteiger partial charge in [0.05, 0.1) is 11.1 Å². The number of carbonyl (C=O) groups excluding carboxylic acids is 1. The second kappa shape index (κ2) is 7.98. The molecule has 5 nitrogen and oxygen atoms in total. The zero-order valence-electron chi connectivity index (χ0n) is 14.7. The van der Waals surface area contributed by atoms with E-state index >= 15 is 0 Å². The number of rotatable bonds is 3. The van der Waals surface area contributed by atoms with Gasteiger partial charge in [0.15, 0.2) is 11.7 Å². The van der Waals surface area contributed by atoms with Crippen LogP contribution < -0.4 is 5.43 Å². The molecular formula is C18H11ClF6N4O. The van der Waals surface area contributed by atoms with Crippen LogP contribution >= 0.6 is 11.6 Å². The second-order valence-corrected chi connectivity index (χ2v) is 6.26. The van der Waals surface area contributed by atoms with Gasteiger partial charge >= 0.3 is 12.4 Å². The van der Waals surface area contributed by atoms with Crippen molar-refractivity contribution in [2.24, 2.45) is 10.2 Å². The lowest BCUT2D eigenvalue weighted by molar-refractivity contribution is -0.138. The van der Waals surface area contributed by atoms with Crippen molar-refractivity contribution >= 4 is 29.2 Å². The van der Waals surface area contributed by atoms with Crippen molar-refractivity contribution in [1.82, 2.24) is 10.4 Å². The van der Waals surface area contributed by atoms with Crippen molar-refractivity contribution in [3.63, 3.8) is 0 Å². The van der Waals surface area contributed by atoms with Crippen LogP contribution in [0.5, 0.6) is 0 Å². The molecule has 158 valence electrons. The highest BCUT2D eigenvalue weighted by Crippen LogP contribution is 2.30. The van der Waals surface area contributed by atoms with Crippen LogP contribution in [0.2, 0.25) is 0 Å². The third-order valence-corrected chi connectivity index (χ3v) is 4.22. The molecule has 1 heterocycles. The summed E-state index contributed by atoms with van der Waals surface area (Å²) in [6.45, 7) is 0. The number of alkyl halides is 7. The van der Waals surface area contributed by atoms with Crippen molar-refractivity contribution in [3.8, 4) is 0 Å². The van der Waals surface area contributed by atoms with Gasteiger partial charge < -0.3 is 0 Å². The number of nitrogens with zero attached hydrogens (tertiary/aromatic N) is 3. The second-order valence-electron chi connectivity index (χ2n) is 6.00. The van der Waals surface area contributed by atoms with E-state index in [0.717, 1.165) is 53.5 Å². The van der Waals surface area contributed by atoms with E-state index in [0.29, 0.717) is 0 Å². The van der Waals surface area contributed by atoms with Gasteiger partial charge in [0.25, 0.3) is 5.91 Å². The molecule has 0 atom stereocenters. The first-order chi connectivity index (χ1) is 14.0. The number of benzene rings is 2. The third-order valence-electron chi connectivity index (χ3n) is 3.99. The van der Waals surface area contributed by atoms with Crippen molar-refractivity contribution < 1.29 is 31.1 Å². The summed E-state index contributed by atoms with van der Waals surface area (Å²) >= 11 is 5.59. The van der Waals surface area contributed by atoms with E-state index < -0.39 is 35.3 Å². The van der Waals surface area contributed by atoms with Gasteiger partial charge in [-0.05, 0) is 24.3 Å². The quantitative estimate of drug-likeness (QED) is 0.558. The maximum absolute atomic E-state index is 12.7. The summed E-state index contributed by atoms with van der Waals surface area (Å²) in [7, 11) is 0. The molecule has 0 bridgehead atoms. The highest BCUT2D eigenvalue weighted by molar-refractivity contribution is 6.29. The molecule has 1 amide bonds. The first kappa shape index (κ1) is 21.6. The lowest BCUT2D eigenvalue weighted by Gasteiger charge is -2.28. The molecule has 3 rings (SSSR count). The van der Waals surface area contributed by atoms with Crippen LogP contribution in [0.1, 0.15) is 22.3 Å². The molecule has 0 spiro atoms. The SMILES string of the molecule is O=C(CCl)N1NC(c2ccc(C(F)(F)F)cc2)=NN=C1c1ccc(C(F)(F)F)cc1. The number of nitrogens with one attached hydrogen (secondary N) is 1. The average Bonchev–Trinajstić information content (AvgIpc) is 2.71. The summed E-state index contributed by atoms with van der Waals surface area (Å²) in [5.41, 5.74) is 1.17. The smallest absolute Gasteiger partial charge is 0.271 e. The van der Waals surface area contributed by atoms with E-state index in [-0.39, 0.29) is 22.8 Å². The van der Waals surface area contributed by atoms with E-state index in [1.807, 2.05) is 0 Å². The minimum absolute atomic E-state index is 0.0437. The maximum atomic E-state index is 12.7. The molecule has 1 aliphatic heterocycles. The largest absolute Gasteiger partial charge is 0.416 e. The molecule has 0 radical (unpaired) electrons. The van der Waals surface area contributed by atoms with Crippen molar-refractivity contribution in [3.05, 3.63) is 70.8 Å². The summed E-state index contributed by atoms with van der Waals surface area (Å²) in [5, 5.41) is 8.57. The zero-order valence-corrected chi connectivity index (χ0v) is 15.5. The fourth-order valence-electron chi connectivity index (χ4n) is 2.50. The van der Waals surface area contributed by atoms with Crippen molar-refractivity contribution in [2.45, 2.75) is 12.4 Å². The maximum Gasteiger partial charge on any atom is 0.416 e. The fraction of sp³-hybridized carbons (Fsp3) is 0.167. The first-order valence-electron chi connectivity index (χ1n) is 8.17. The predicted molar refractivity (Wildman–Crippen MR) is 96.7 cm³/mol. The Hall–Kier alpha value is -3.08. The van der Waals surface area contributed by atoms with Gasteiger partial charge in [0, 0.05) is 11.1 Å². The molecule has 1 N–H and O–H groups in total. The fourth-order valence-corrected chi connectivity index (χ4v) is 2.62. The standard InChI is InChI=1S/C18H11ClF6N4O/c19-9-14(30)29-16(11-3-7-13(8-4-11)18(23,24)25)27-26-15(28-29)10-1-5-12(6-2-10)17(20,21)22/h1-8H,9H2,(H,26,28). The minimum Gasteiger partial charge on any atom is -0.271 e. The zero-order chi connectivity index (χ0) is 22.1. The van der Waals surface area contributed by atoms with Crippen LogP contribution in [0, 0.1) is 0 Å². The van der Waals surface area contributed by atoms with Gasteiger partial charge in [-0.25, -0.2) is 0 Å². The highest BCUT2D eigenvalue weighted by atomic mass is 35.5. The average molecular weight is 449 g/mol. The Morgan fingerprint density at radius 2 is 1.30 bits per heavy atom. The molecule has 30 heavy (non-hydrogen) atoms. The molecule has 0 saturated carbocycles. The van der Waals surface area contributed by atoms with Gasteiger partial charge in [0.2, 0.25) is 0 Å². The Labute approximate surface area is 170 Å². The molecule has 2 aromatic rings. The number of hydrazine groups is 1. The molecule has 2 aromatic carbocycles. The Morgan fingerprint density at radius 1 is 0.833 bits per heavy atom. The molecule has 1 aliphatic rings. The first-order valence-corrected chi connectivity index (χ1v) is 8.70. The van der Waals surface area contributed by atoms with Crippen molar-refractivity contribution in [2.75, 3.05) is 5.88 Å². The number of amidine groups is 2. The van der Waals surface area contributed by atoms with Gasteiger partial charge in [-0.15, -0.1) is 21.8 Å². The number of hydrogen-bond donors (Lipinski definition) is 1. The van der Waals surface area contributed by atoms with E-state index in [2.05, 4.69) is 15.6 Å². The third kappa shape index (κ3) is 4.56. The number of hydrogen-bond acceptors (Lipinski definition) is 4. The monoisotopic (exact) mass is 448 g/mol. The van der Waals surface area contributed by atoms with Crippen LogP contribution in [-0.4, -0.2) is 28.5 Å². The van der Waals surface area contributed by atoms with Crippen molar-refractivity contribution in [1.29, 1.82) is 0 Å². The van der Waals surface area contributed by atoms with E-state index in [4.69, 9.17) is 11.6 Å². The van der Waals surface area contributed by atoms with E-state index in [9.17, 15) is 31.1 Å². The normalized spacial score (nSPS) is 14.7. The summed E-state index contributed by atoms with van der Waals surface area (Å²) in [5.74, 6) is -1.36. The van der Waals surface area contributed by atoms with E-state index in [1.54, 1.807) is 0 Å². The molecule has 0 saturated heterocycles. The number of carbonyl (C=O) groups is 1. The van der Waals surface area contributed by atoms with Crippen LogP contribution in [0.4, 0.5) is 26.3 Å². The minimum atomic E-state index is -4.54. The Balaban J connectivity index is 1.96. The molecule has 0 aromatic heterocycles. The Kier molecular flexibility index (Phi) is 5.75. The highest BCUT2D eigenvalue weighted by Gasteiger charge is 2.32. The van der Waals surface area contributed by atoms with Gasteiger partial charge in [-0.1, -0.05) is 24.3 Å². The van der Waals surface area contributed by atoms with Crippen LogP contribution in [0.25, 0.3) is 0 Å². The van der Waals surface area contributed by atoms with Gasteiger partial charge in [-0.3, -0.25) is 10.2 Å².